The number of fused-ring (bicyclic) bond motifs is 1. The lowest BCUT2D eigenvalue weighted by Gasteiger charge is -2.36. The van der Waals surface area contributed by atoms with Gasteiger partial charge in [0.1, 0.15) is 0 Å². The molecule has 2 N–H and O–H groups in total. The summed E-state index contributed by atoms with van der Waals surface area (Å²) in [6.45, 7) is 4.04. The average molecular weight is 302 g/mol. The molecule has 21 heavy (non-hydrogen) atoms. The Bertz CT molecular complexity index is 623. The molecule has 3 rings (SSSR count). The van der Waals surface area contributed by atoms with Crippen LogP contribution in [0.25, 0.3) is 10.1 Å². The fraction of sp³-hybridized carbons (Fsp3) is 0.471. The molecule has 2 aromatic rings. The lowest BCUT2D eigenvalue weighted by molar-refractivity contribution is -0.127. The van der Waals surface area contributed by atoms with Gasteiger partial charge in [-0.25, -0.2) is 0 Å². The molecule has 1 aromatic heterocycles. The summed E-state index contributed by atoms with van der Waals surface area (Å²) in [5, 5.41) is 9.80. The molecule has 0 aliphatic carbocycles. The number of piperidine rings is 1. The predicted octanol–water partition coefficient (Wildman–Crippen LogP) is 4.01. The molecule has 0 spiro atoms. The molecule has 4 heteroatoms. The first-order valence-electron chi connectivity index (χ1n) is 7.73. The van der Waals surface area contributed by atoms with E-state index in [-0.39, 0.29) is 11.3 Å². The van der Waals surface area contributed by atoms with Gasteiger partial charge >= 0.3 is 0 Å². The number of thiophene rings is 1. The number of amides is 1. The van der Waals surface area contributed by atoms with E-state index in [1.165, 1.54) is 10.1 Å². The molecule has 0 unspecified atom stereocenters. The van der Waals surface area contributed by atoms with Crippen molar-refractivity contribution in [2.75, 3.05) is 18.4 Å². The molecule has 3 nitrogen and oxygen atoms in total. The van der Waals surface area contributed by atoms with Crippen molar-refractivity contribution in [3.63, 3.8) is 0 Å². The second-order valence-electron chi connectivity index (χ2n) is 5.91. The van der Waals surface area contributed by atoms with Gasteiger partial charge in [-0.05, 0) is 67.4 Å². The number of carbonyl (C=O) groups is 1. The molecule has 2 heterocycles. The van der Waals surface area contributed by atoms with E-state index in [1.54, 1.807) is 11.3 Å². The maximum Gasteiger partial charge on any atom is 0.230 e. The van der Waals surface area contributed by atoms with Gasteiger partial charge in [-0.1, -0.05) is 13.3 Å². The molecule has 1 aromatic carbocycles. The highest BCUT2D eigenvalue weighted by Gasteiger charge is 2.38. The minimum Gasteiger partial charge on any atom is -0.326 e. The van der Waals surface area contributed by atoms with E-state index in [2.05, 4.69) is 41.1 Å². The Morgan fingerprint density at radius 2 is 2.14 bits per heavy atom. The molecule has 1 saturated heterocycles. The molecule has 0 atom stereocenters. The van der Waals surface area contributed by atoms with Crippen LogP contribution in [0.2, 0.25) is 0 Å². The van der Waals surface area contributed by atoms with E-state index in [0.717, 1.165) is 44.5 Å². The van der Waals surface area contributed by atoms with Gasteiger partial charge in [0.25, 0.3) is 0 Å². The summed E-state index contributed by atoms with van der Waals surface area (Å²) in [5.74, 6) is 0.195. The molecule has 1 aliphatic rings. The van der Waals surface area contributed by atoms with E-state index >= 15 is 0 Å². The third-order valence-electron chi connectivity index (χ3n) is 4.48. The van der Waals surface area contributed by atoms with Gasteiger partial charge in [-0.3, -0.25) is 4.79 Å². The first-order chi connectivity index (χ1) is 10.2. The third kappa shape index (κ3) is 2.97. The van der Waals surface area contributed by atoms with Crippen LogP contribution >= 0.6 is 11.3 Å². The highest BCUT2D eigenvalue weighted by Crippen LogP contribution is 2.35. The number of carbonyl (C=O) groups excluding carboxylic acids is 1. The van der Waals surface area contributed by atoms with Gasteiger partial charge in [0, 0.05) is 10.4 Å². The molecule has 1 aliphatic heterocycles. The molecule has 112 valence electrons. The highest BCUT2D eigenvalue weighted by atomic mass is 32.1. The lowest BCUT2D eigenvalue weighted by atomic mass is 9.74. The van der Waals surface area contributed by atoms with E-state index in [4.69, 9.17) is 0 Å². The maximum absolute atomic E-state index is 12.8. The molecular formula is C17H22N2OS. The highest BCUT2D eigenvalue weighted by molar-refractivity contribution is 7.17. The van der Waals surface area contributed by atoms with Crippen LogP contribution in [0.5, 0.6) is 0 Å². The minimum absolute atomic E-state index is 0.191. The number of benzene rings is 1. The van der Waals surface area contributed by atoms with Crippen molar-refractivity contribution in [1.29, 1.82) is 0 Å². The van der Waals surface area contributed by atoms with Crippen LogP contribution in [0.15, 0.2) is 29.6 Å². The first-order valence-corrected chi connectivity index (χ1v) is 8.61. The summed E-state index contributed by atoms with van der Waals surface area (Å²) in [7, 11) is 0. The van der Waals surface area contributed by atoms with Gasteiger partial charge in [-0.15, -0.1) is 11.3 Å². The SMILES string of the molecule is CCCC1(C(=O)Nc2ccc3sccc3c2)CCNCC1. The molecule has 0 saturated carbocycles. The van der Waals surface area contributed by atoms with E-state index in [1.807, 2.05) is 6.07 Å². The van der Waals surface area contributed by atoms with Crippen LogP contribution < -0.4 is 10.6 Å². The summed E-state index contributed by atoms with van der Waals surface area (Å²) < 4.78 is 1.26. The Balaban J connectivity index is 1.79. The first kappa shape index (κ1) is 14.5. The number of anilines is 1. The maximum atomic E-state index is 12.8. The number of hydrogen-bond acceptors (Lipinski definition) is 3. The average Bonchev–Trinajstić information content (AvgIpc) is 2.96. The van der Waals surface area contributed by atoms with Crippen LogP contribution in [0.3, 0.4) is 0 Å². The van der Waals surface area contributed by atoms with Crippen LogP contribution in [0.1, 0.15) is 32.6 Å². The Hall–Kier alpha value is -1.39. The Labute approximate surface area is 129 Å². The zero-order valence-electron chi connectivity index (χ0n) is 12.4. The summed E-state index contributed by atoms with van der Waals surface area (Å²) in [6.07, 6.45) is 3.90. The van der Waals surface area contributed by atoms with E-state index < -0.39 is 0 Å². The van der Waals surface area contributed by atoms with Crippen molar-refractivity contribution in [3.05, 3.63) is 29.6 Å². The molecule has 0 bridgehead atoms. The normalized spacial score (nSPS) is 17.8. The van der Waals surface area contributed by atoms with Gasteiger partial charge in [0.15, 0.2) is 0 Å². The molecule has 1 amide bonds. The van der Waals surface area contributed by atoms with Crippen molar-refractivity contribution in [2.24, 2.45) is 5.41 Å². The zero-order valence-corrected chi connectivity index (χ0v) is 13.3. The van der Waals surface area contributed by atoms with Gasteiger partial charge in [0.05, 0.1) is 5.41 Å². The second kappa shape index (κ2) is 6.16. The molecule has 0 radical (unpaired) electrons. The van der Waals surface area contributed by atoms with E-state index in [9.17, 15) is 4.79 Å². The van der Waals surface area contributed by atoms with Crippen LogP contribution in [0, 0.1) is 5.41 Å². The largest absolute Gasteiger partial charge is 0.326 e. The van der Waals surface area contributed by atoms with Crippen molar-refractivity contribution >= 4 is 33.0 Å². The van der Waals surface area contributed by atoms with Crippen LogP contribution in [-0.4, -0.2) is 19.0 Å². The number of hydrogen-bond donors (Lipinski definition) is 2. The monoisotopic (exact) mass is 302 g/mol. The van der Waals surface area contributed by atoms with Crippen molar-refractivity contribution in [2.45, 2.75) is 32.6 Å². The van der Waals surface area contributed by atoms with Gasteiger partial charge in [0.2, 0.25) is 5.91 Å². The summed E-state index contributed by atoms with van der Waals surface area (Å²) in [4.78, 5) is 12.8. The smallest absolute Gasteiger partial charge is 0.230 e. The van der Waals surface area contributed by atoms with Gasteiger partial charge < -0.3 is 10.6 Å². The Kier molecular flexibility index (Phi) is 4.27. The quantitative estimate of drug-likeness (QED) is 0.896. The van der Waals surface area contributed by atoms with Crippen LogP contribution in [-0.2, 0) is 4.79 Å². The lowest BCUT2D eigenvalue weighted by Crippen LogP contribution is -2.44. The standard InChI is InChI=1S/C17H22N2OS/c1-2-6-17(7-9-18-10-8-17)16(20)19-14-3-4-15-13(12-14)5-11-21-15/h3-5,11-12,18H,2,6-10H2,1H3,(H,19,20). The predicted molar refractivity (Wildman–Crippen MR) is 89.9 cm³/mol. The van der Waals surface area contributed by atoms with Crippen molar-refractivity contribution in [3.8, 4) is 0 Å². The Morgan fingerprint density at radius 1 is 1.33 bits per heavy atom. The van der Waals surface area contributed by atoms with E-state index in [0.29, 0.717) is 0 Å². The topological polar surface area (TPSA) is 41.1 Å². The third-order valence-corrected chi connectivity index (χ3v) is 5.38. The van der Waals surface area contributed by atoms with Crippen molar-refractivity contribution < 1.29 is 4.79 Å². The fourth-order valence-corrected chi connectivity index (χ4v) is 4.05. The summed E-state index contributed by atoms with van der Waals surface area (Å²) in [5.41, 5.74) is 0.726. The molecule has 1 fully saturated rings. The Morgan fingerprint density at radius 3 is 2.90 bits per heavy atom. The van der Waals surface area contributed by atoms with Crippen LogP contribution in [0.4, 0.5) is 5.69 Å². The zero-order chi connectivity index (χ0) is 14.7. The minimum atomic E-state index is -0.191. The fourth-order valence-electron chi connectivity index (χ4n) is 3.28. The summed E-state index contributed by atoms with van der Waals surface area (Å²) in [6, 6.07) is 8.27. The number of rotatable bonds is 4. The van der Waals surface area contributed by atoms with Crippen molar-refractivity contribution in [1.82, 2.24) is 5.32 Å². The second-order valence-corrected chi connectivity index (χ2v) is 6.86. The molecular weight excluding hydrogens is 280 g/mol. The van der Waals surface area contributed by atoms with Gasteiger partial charge in [-0.2, -0.15) is 0 Å². The number of nitrogens with one attached hydrogen (secondary N) is 2. The summed E-state index contributed by atoms with van der Waals surface area (Å²) >= 11 is 1.73.